The Morgan fingerprint density at radius 2 is 2.25 bits per heavy atom. The van der Waals surface area contributed by atoms with E-state index in [1.807, 2.05) is 6.92 Å². The molecule has 0 amide bonds. The predicted molar refractivity (Wildman–Crippen MR) is 48.7 cm³/mol. The molecule has 0 unspecified atom stereocenters. The third-order valence-corrected chi connectivity index (χ3v) is 3.20. The first-order chi connectivity index (χ1) is 5.54. The van der Waals surface area contributed by atoms with E-state index in [1.54, 1.807) is 7.11 Å². The lowest BCUT2D eigenvalue weighted by Gasteiger charge is -2.47. The molecule has 1 atom stereocenters. The van der Waals surface area contributed by atoms with Gasteiger partial charge < -0.3 is 9.84 Å². The Hall–Kier alpha value is -0.500. The van der Waals surface area contributed by atoms with Crippen LogP contribution in [0, 0.1) is 11.3 Å². The summed E-state index contributed by atoms with van der Waals surface area (Å²) in [7, 11) is 1.70. The van der Waals surface area contributed by atoms with Crippen molar-refractivity contribution in [3.8, 4) is 0 Å². The van der Waals surface area contributed by atoms with Crippen LogP contribution < -0.4 is 0 Å². The first kappa shape index (κ1) is 9.59. The Morgan fingerprint density at radius 3 is 2.58 bits per heavy atom. The highest BCUT2D eigenvalue weighted by atomic mass is 16.5. The Morgan fingerprint density at radius 1 is 1.67 bits per heavy atom. The van der Waals surface area contributed by atoms with E-state index in [9.17, 15) is 0 Å². The lowest BCUT2D eigenvalue weighted by molar-refractivity contribution is 0.0748. The summed E-state index contributed by atoms with van der Waals surface area (Å²) in [5, 5.41) is 9.03. The third-order valence-electron chi connectivity index (χ3n) is 3.20. The summed E-state index contributed by atoms with van der Waals surface area (Å²) in [4.78, 5) is 0. The quantitative estimate of drug-likeness (QED) is 0.642. The lowest BCUT2D eigenvalue weighted by Crippen LogP contribution is -2.40. The lowest BCUT2D eigenvalue weighted by atomic mass is 9.58. The van der Waals surface area contributed by atoms with Crippen molar-refractivity contribution in [2.75, 3.05) is 13.7 Å². The Bertz CT molecular complexity index is 204. The minimum atomic E-state index is 0.134. The second-order valence-electron chi connectivity index (χ2n) is 4.04. The number of ether oxygens (including phenoxy) is 1. The molecule has 1 N–H and O–H groups in total. The number of rotatable bonds is 2. The van der Waals surface area contributed by atoms with E-state index in [2.05, 4.69) is 13.8 Å². The van der Waals surface area contributed by atoms with Crippen molar-refractivity contribution < 1.29 is 9.84 Å². The monoisotopic (exact) mass is 170 g/mol. The van der Waals surface area contributed by atoms with Crippen LogP contribution in [-0.2, 0) is 4.74 Å². The van der Waals surface area contributed by atoms with Gasteiger partial charge in [-0.1, -0.05) is 13.8 Å². The summed E-state index contributed by atoms with van der Waals surface area (Å²) in [6.45, 7) is 6.60. The van der Waals surface area contributed by atoms with Gasteiger partial charge in [-0.05, 0) is 30.3 Å². The van der Waals surface area contributed by atoms with E-state index in [-0.39, 0.29) is 12.0 Å². The van der Waals surface area contributed by atoms with Crippen LogP contribution in [-0.4, -0.2) is 18.8 Å². The first-order valence-corrected chi connectivity index (χ1v) is 4.39. The van der Waals surface area contributed by atoms with Crippen molar-refractivity contribution in [1.29, 1.82) is 0 Å². The smallest absolute Gasteiger partial charge is 0.0922 e. The van der Waals surface area contributed by atoms with Gasteiger partial charge in [0, 0.05) is 6.61 Å². The standard InChI is InChI=1S/C10H18O2/c1-7(12-4)9-5-8(6-11)10(9,2)3/h8,11H,5-6H2,1-4H3/b9-7-/t8-/m1/s1. The zero-order valence-electron chi connectivity index (χ0n) is 8.35. The SMILES string of the molecule is CO/C(C)=C1/C[C@H](CO)C1(C)C. The minimum Gasteiger partial charge on any atom is -0.501 e. The zero-order chi connectivity index (χ0) is 9.35. The summed E-state index contributed by atoms with van der Waals surface area (Å²) in [6, 6.07) is 0. The van der Waals surface area contributed by atoms with Crippen molar-refractivity contribution in [3.05, 3.63) is 11.3 Å². The van der Waals surface area contributed by atoms with Crippen molar-refractivity contribution in [2.24, 2.45) is 11.3 Å². The number of hydrogen-bond acceptors (Lipinski definition) is 2. The molecule has 0 bridgehead atoms. The molecular weight excluding hydrogens is 152 g/mol. The van der Waals surface area contributed by atoms with Crippen LogP contribution in [0.5, 0.6) is 0 Å². The van der Waals surface area contributed by atoms with E-state index < -0.39 is 0 Å². The van der Waals surface area contributed by atoms with Crippen LogP contribution in [0.15, 0.2) is 11.3 Å². The second-order valence-corrected chi connectivity index (χ2v) is 4.04. The molecule has 1 saturated carbocycles. The number of aliphatic hydroxyl groups excluding tert-OH is 1. The molecule has 1 aliphatic carbocycles. The van der Waals surface area contributed by atoms with E-state index in [0.29, 0.717) is 5.92 Å². The Kier molecular flexibility index (Phi) is 2.47. The van der Waals surface area contributed by atoms with Crippen molar-refractivity contribution in [1.82, 2.24) is 0 Å². The molecule has 0 saturated heterocycles. The molecule has 1 rings (SSSR count). The average molecular weight is 170 g/mol. The summed E-state index contributed by atoms with van der Waals surface area (Å²) in [6.07, 6.45) is 0.989. The normalized spacial score (nSPS) is 30.9. The Balaban J connectivity index is 2.77. The van der Waals surface area contributed by atoms with Gasteiger partial charge >= 0.3 is 0 Å². The molecule has 1 aliphatic rings. The molecule has 0 aromatic rings. The van der Waals surface area contributed by atoms with E-state index >= 15 is 0 Å². The van der Waals surface area contributed by atoms with Crippen LogP contribution in [0.4, 0.5) is 0 Å². The molecule has 2 heteroatoms. The maximum absolute atomic E-state index is 9.03. The molecule has 12 heavy (non-hydrogen) atoms. The maximum atomic E-state index is 9.03. The molecule has 70 valence electrons. The van der Waals surface area contributed by atoms with Gasteiger partial charge in [0.25, 0.3) is 0 Å². The molecule has 0 spiro atoms. The molecule has 0 heterocycles. The largest absolute Gasteiger partial charge is 0.501 e. The van der Waals surface area contributed by atoms with Crippen LogP contribution in [0.3, 0.4) is 0 Å². The summed E-state index contributed by atoms with van der Waals surface area (Å²) in [5.41, 5.74) is 1.48. The van der Waals surface area contributed by atoms with Gasteiger partial charge in [0.15, 0.2) is 0 Å². The fraction of sp³-hybridized carbons (Fsp3) is 0.800. The highest BCUT2D eigenvalue weighted by molar-refractivity contribution is 5.26. The van der Waals surface area contributed by atoms with Gasteiger partial charge in [0.05, 0.1) is 12.9 Å². The second kappa shape index (κ2) is 3.09. The highest BCUT2D eigenvalue weighted by Crippen LogP contribution is 2.51. The molecule has 2 nitrogen and oxygen atoms in total. The van der Waals surface area contributed by atoms with Crippen LogP contribution in [0.25, 0.3) is 0 Å². The van der Waals surface area contributed by atoms with Gasteiger partial charge in [-0.15, -0.1) is 0 Å². The van der Waals surface area contributed by atoms with Crippen molar-refractivity contribution in [3.63, 3.8) is 0 Å². The Labute approximate surface area is 74.2 Å². The molecule has 1 fully saturated rings. The third kappa shape index (κ3) is 1.24. The van der Waals surface area contributed by atoms with E-state index in [0.717, 1.165) is 12.2 Å². The summed E-state index contributed by atoms with van der Waals surface area (Å²) >= 11 is 0. The van der Waals surface area contributed by atoms with Gasteiger partial charge in [-0.3, -0.25) is 0 Å². The number of hydrogen-bond donors (Lipinski definition) is 1. The van der Waals surface area contributed by atoms with Gasteiger partial charge in [0.2, 0.25) is 0 Å². The maximum Gasteiger partial charge on any atom is 0.0922 e. The predicted octanol–water partition coefficient (Wildman–Crippen LogP) is 1.95. The molecule has 0 radical (unpaired) electrons. The summed E-state index contributed by atoms with van der Waals surface area (Å²) < 4.78 is 5.18. The summed E-state index contributed by atoms with van der Waals surface area (Å²) in [5.74, 6) is 1.43. The highest BCUT2D eigenvalue weighted by Gasteiger charge is 2.44. The van der Waals surface area contributed by atoms with E-state index in [1.165, 1.54) is 5.57 Å². The number of aliphatic hydroxyl groups is 1. The fourth-order valence-electron chi connectivity index (χ4n) is 1.89. The zero-order valence-corrected chi connectivity index (χ0v) is 8.35. The van der Waals surface area contributed by atoms with Crippen LogP contribution in [0.1, 0.15) is 27.2 Å². The molecule has 0 aliphatic heterocycles. The first-order valence-electron chi connectivity index (χ1n) is 4.39. The average Bonchev–Trinajstić information content (AvgIpc) is 2.03. The molecular formula is C10H18O2. The molecule has 0 aromatic carbocycles. The topological polar surface area (TPSA) is 29.5 Å². The van der Waals surface area contributed by atoms with Gasteiger partial charge in [-0.2, -0.15) is 0 Å². The fourth-order valence-corrected chi connectivity index (χ4v) is 1.89. The van der Waals surface area contributed by atoms with Crippen LogP contribution >= 0.6 is 0 Å². The van der Waals surface area contributed by atoms with Crippen LogP contribution in [0.2, 0.25) is 0 Å². The minimum absolute atomic E-state index is 0.134. The number of methoxy groups -OCH3 is 1. The van der Waals surface area contributed by atoms with Gasteiger partial charge in [-0.25, -0.2) is 0 Å². The number of allylic oxidation sites excluding steroid dienone is 2. The van der Waals surface area contributed by atoms with Crippen molar-refractivity contribution in [2.45, 2.75) is 27.2 Å². The van der Waals surface area contributed by atoms with E-state index in [4.69, 9.17) is 9.84 Å². The molecule has 0 aromatic heterocycles. The van der Waals surface area contributed by atoms with Crippen molar-refractivity contribution >= 4 is 0 Å². The van der Waals surface area contributed by atoms with Gasteiger partial charge in [0.1, 0.15) is 0 Å².